The first-order valence-electron chi connectivity index (χ1n) is 7.00. The molecule has 0 aromatic carbocycles. The number of hydrogen-bond donors (Lipinski definition) is 1. The van der Waals surface area contributed by atoms with Crippen molar-refractivity contribution < 1.29 is 14.7 Å². The molecule has 1 aliphatic heterocycles. The van der Waals surface area contributed by atoms with Gasteiger partial charge in [-0.25, -0.2) is 0 Å². The monoisotopic (exact) mass is 253 g/mol. The van der Waals surface area contributed by atoms with Crippen molar-refractivity contribution in [3.63, 3.8) is 0 Å². The molecule has 0 bridgehead atoms. The van der Waals surface area contributed by atoms with Gasteiger partial charge < -0.3 is 10.0 Å². The quantitative estimate of drug-likeness (QED) is 0.818. The van der Waals surface area contributed by atoms with Gasteiger partial charge >= 0.3 is 5.97 Å². The number of piperidine rings is 1. The Kier molecular flexibility index (Phi) is 3.93. The number of nitrogens with zero attached hydrogens (tertiary/aromatic N) is 1. The number of carboxylic acids is 1. The highest BCUT2D eigenvalue weighted by molar-refractivity contribution is 5.85. The van der Waals surface area contributed by atoms with E-state index in [-0.39, 0.29) is 11.8 Å². The van der Waals surface area contributed by atoms with Gasteiger partial charge in [-0.15, -0.1) is 0 Å². The topological polar surface area (TPSA) is 57.6 Å². The minimum atomic E-state index is -0.802. The molecule has 1 saturated carbocycles. The van der Waals surface area contributed by atoms with E-state index in [2.05, 4.69) is 13.8 Å². The van der Waals surface area contributed by atoms with Crippen molar-refractivity contribution in [2.45, 2.75) is 39.5 Å². The summed E-state index contributed by atoms with van der Waals surface area (Å²) in [4.78, 5) is 25.5. The molecule has 0 spiro atoms. The Balaban J connectivity index is 2.04. The number of aliphatic carboxylic acids is 1. The standard InChI is InChI=1S/C14H23NO3/c1-9-6-10(2)8-15(7-9)13(16)11-4-3-5-12(11)14(17)18/h9-12H,3-8H2,1-2H3,(H,17,18). The molecule has 18 heavy (non-hydrogen) atoms. The maximum Gasteiger partial charge on any atom is 0.307 e. The van der Waals surface area contributed by atoms with Crippen molar-refractivity contribution in [1.82, 2.24) is 4.90 Å². The molecule has 0 radical (unpaired) electrons. The van der Waals surface area contributed by atoms with E-state index in [0.29, 0.717) is 18.3 Å². The van der Waals surface area contributed by atoms with E-state index in [1.807, 2.05) is 4.90 Å². The third-order valence-electron chi connectivity index (χ3n) is 4.33. The number of hydrogen-bond acceptors (Lipinski definition) is 2. The fraction of sp³-hybridized carbons (Fsp3) is 0.857. The lowest BCUT2D eigenvalue weighted by molar-refractivity contribution is -0.150. The molecule has 4 atom stereocenters. The van der Waals surface area contributed by atoms with Crippen LogP contribution in [0.3, 0.4) is 0 Å². The van der Waals surface area contributed by atoms with Crippen LogP contribution in [-0.4, -0.2) is 35.0 Å². The van der Waals surface area contributed by atoms with E-state index in [1.165, 1.54) is 0 Å². The van der Waals surface area contributed by atoms with Crippen LogP contribution in [0.5, 0.6) is 0 Å². The minimum absolute atomic E-state index is 0.0818. The fourth-order valence-electron chi connectivity index (χ4n) is 3.63. The average Bonchev–Trinajstić information content (AvgIpc) is 2.75. The van der Waals surface area contributed by atoms with Gasteiger partial charge in [0.05, 0.1) is 11.8 Å². The van der Waals surface area contributed by atoms with Crippen molar-refractivity contribution in [2.24, 2.45) is 23.7 Å². The van der Waals surface area contributed by atoms with E-state index < -0.39 is 11.9 Å². The van der Waals surface area contributed by atoms with E-state index in [0.717, 1.165) is 32.4 Å². The first kappa shape index (κ1) is 13.4. The molecule has 1 saturated heterocycles. The van der Waals surface area contributed by atoms with Crippen LogP contribution in [0.1, 0.15) is 39.5 Å². The van der Waals surface area contributed by atoms with Gasteiger partial charge in [-0.05, 0) is 31.1 Å². The number of carbonyl (C=O) groups is 2. The third kappa shape index (κ3) is 2.68. The highest BCUT2D eigenvalue weighted by atomic mass is 16.4. The Morgan fingerprint density at radius 2 is 1.61 bits per heavy atom. The van der Waals surface area contributed by atoms with Crippen LogP contribution < -0.4 is 0 Å². The van der Waals surface area contributed by atoms with Gasteiger partial charge in [0.2, 0.25) is 5.91 Å². The number of carboxylic acid groups (broad SMARTS) is 1. The molecular formula is C14H23NO3. The van der Waals surface area contributed by atoms with Crippen LogP contribution in [0.15, 0.2) is 0 Å². The zero-order valence-corrected chi connectivity index (χ0v) is 11.3. The molecule has 2 aliphatic rings. The highest BCUT2D eigenvalue weighted by Gasteiger charge is 2.40. The molecule has 1 N–H and O–H groups in total. The molecule has 4 heteroatoms. The second kappa shape index (κ2) is 5.29. The van der Waals surface area contributed by atoms with Crippen LogP contribution in [0, 0.1) is 23.7 Å². The number of carbonyl (C=O) groups excluding carboxylic acids is 1. The van der Waals surface area contributed by atoms with Crippen LogP contribution in [0.2, 0.25) is 0 Å². The van der Waals surface area contributed by atoms with E-state index in [1.54, 1.807) is 0 Å². The van der Waals surface area contributed by atoms with Gasteiger partial charge in [-0.1, -0.05) is 20.3 Å². The lowest BCUT2D eigenvalue weighted by Crippen LogP contribution is -2.46. The predicted molar refractivity (Wildman–Crippen MR) is 68.0 cm³/mol. The maximum absolute atomic E-state index is 12.5. The molecule has 4 unspecified atom stereocenters. The first-order chi connectivity index (χ1) is 8.49. The smallest absolute Gasteiger partial charge is 0.307 e. The summed E-state index contributed by atoms with van der Waals surface area (Å²) in [5.41, 5.74) is 0. The molecule has 102 valence electrons. The lowest BCUT2D eigenvalue weighted by Gasteiger charge is -2.37. The molecule has 4 nitrogen and oxygen atoms in total. The average molecular weight is 253 g/mol. The summed E-state index contributed by atoms with van der Waals surface area (Å²) in [5.74, 6) is -0.392. The number of amides is 1. The summed E-state index contributed by atoms with van der Waals surface area (Å²) in [6, 6.07) is 0. The van der Waals surface area contributed by atoms with Crippen molar-refractivity contribution in [1.29, 1.82) is 0 Å². The second-order valence-electron chi connectivity index (χ2n) is 6.17. The van der Waals surface area contributed by atoms with Gasteiger partial charge in [0.1, 0.15) is 0 Å². The Bertz CT molecular complexity index is 332. The van der Waals surface area contributed by atoms with Crippen LogP contribution >= 0.6 is 0 Å². The number of rotatable bonds is 2. The second-order valence-corrected chi connectivity index (χ2v) is 6.17. The molecule has 1 amide bonds. The SMILES string of the molecule is CC1CC(C)CN(C(=O)C2CCCC2C(=O)O)C1. The van der Waals surface area contributed by atoms with Gasteiger partial charge in [0.25, 0.3) is 0 Å². The van der Waals surface area contributed by atoms with Gasteiger partial charge in [-0.3, -0.25) is 9.59 Å². The zero-order valence-electron chi connectivity index (χ0n) is 11.3. The molecule has 2 rings (SSSR count). The summed E-state index contributed by atoms with van der Waals surface area (Å²) in [6.45, 7) is 5.93. The van der Waals surface area contributed by atoms with Crippen LogP contribution in [0.4, 0.5) is 0 Å². The largest absolute Gasteiger partial charge is 0.481 e. The van der Waals surface area contributed by atoms with Crippen molar-refractivity contribution in [3.05, 3.63) is 0 Å². The summed E-state index contributed by atoms with van der Waals surface area (Å²) in [5, 5.41) is 9.16. The summed E-state index contributed by atoms with van der Waals surface area (Å²) in [7, 11) is 0. The fourth-order valence-corrected chi connectivity index (χ4v) is 3.63. The Morgan fingerprint density at radius 3 is 2.17 bits per heavy atom. The van der Waals surface area contributed by atoms with Crippen LogP contribution in [0.25, 0.3) is 0 Å². The molecule has 0 aromatic heterocycles. The van der Waals surface area contributed by atoms with E-state index in [4.69, 9.17) is 5.11 Å². The predicted octanol–water partition coefficient (Wildman–Crippen LogP) is 1.99. The number of likely N-dealkylation sites (tertiary alicyclic amines) is 1. The summed E-state index contributed by atoms with van der Waals surface area (Å²) < 4.78 is 0. The van der Waals surface area contributed by atoms with Gasteiger partial charge in [-0.2, -0.15) is 0 Å². The Hall–Kier alpha value is -1.06. The van der Waals surface area contributed by atoms with E-state index >= 15 is 0 Å². The zero-order chi connectivity index (χ0) is 13.3. The maximum atomic E-state index is 12.5. The van der Waals surface area contributed by atoms with Crippen molar-refractivity contribution in [2.75, 3.05) is 13.1 Å². The third-order valence-corrected chi connectivity index (χ3v) is 4.33. The Labute approximate surface area is 108 Å². The Morgan fingerprint density at radius 1 is 1.06 bits per heavy atom. The van der Waals surface area contributed by atoms with Crippen molar-refractivity contribution in [3.8, 4) is 0 Å². The lowest BCUT2D eigenvalue weighted by atomic mass is 9.89. The molecule has 1 aliphatic carbocycles. The summed E-state index contributed by atoms with van der Waals surface area (Å²) >= 11 is 0. The molecule has 2 fully saturated rings. The first-order valence-corrected chi connectivity index (χ1v) is 7.00. The normalized spacial score (nSPS) is 36.7. The van der Waals surface area contributed by atoms with E-state index in [9.17, 15) is 9.59 Å². The summed E-state index contributed by atoms with van der Waals surface area (Å²) in [6.07, 6.45) is 3.43. The highest BCUT2D eigenvalue weighted by Crippen LogP contribution is 2.34. The molecule has 0 aromatic rings. The minimum Gasteiger partial charge on any atom is -0.481 e. The van der Waals surface area contributed by atoms with Gasteiger partial charge in [0.15, 0.2) is 0 Å². The van der Waals surface area contributed by atoms with Gasteiger partial charge in [0, 0.05) is 13.1 Å². The van der Waals surface area contributed by atoms with Crippen LogP contribution in [-0.2, 0) is 9.59 Å². The molecular weight excluding hydrogens is 230 g/mol. The molecule has 1 heterocycles. The van der Waals surface area contributed by atoms with Crippen molar-refractivity contribution >= 4 is 11.9 Å².